The predicted molar refractivity (Wildman–Crippen MR) is 103 cm³/mol. The van der Waals surface area contributed by atoms with Gasteiger partial charge in [-0.3, -0.25) is 0 Å². The van der Waals surface area contributed by atoms with Gasteiger partial charge in [-0.2, -0.15) is 0 Å². The van der Waals surface area contributed by atoms with E-state index in [0.29, 0.717) is 24.7 Å². The molecule has 1 aliphatic carbocycles. The highest BCUT2D eigenvalue weighted by Gasteiger charge is 2.27. The molecule has 0 radical (unpaired) electrons. The smallest absolute Gasteiger partial charge is 0.409 e. The van der Waals surface area contributed by atoms with Crippen LogP contribution in [0.4, 0.5) is 4.79 Å². The molecule has 5 nitrogen and oxygen atoms in total. The van der Waals surface area contributed by atoms with E-state index in [1.165, 1.54) is 19.4 Å². The van der Waals surface area contributed by atoms with E-state index in [4.69, 9.17) is 9.47 Å². The summed E-state index contributed by atoms with van der Waals surface area (Å²) in [7, 11) is 4.05. The van der Waals surface area contributed by atoms with Crippen molar-refractivity contribution in [1.82, 2.24) is 9.80 Å². The third-order valence-electron chi connectivity index (χ3n) is 4.91. The maximum Gasteiger partial charge on any atom is 0.409 e. The van der Waals surface area contributed by atoms with E-state index in [0.717, 1.165) is 45.3 Å². The molecule has 1 amide bonds. The van der Waals surface area contributed by atoms with Crippen molar-refractivity contribution >= 4 is 6.09 Å². The van der Waals surface area contributed by atoms with Gasteiger partial charge in [-0.25, -0.2) is 4.79 Å². The average molecular weight is 357 g/mol. The molecule has 5 heteroatoms. The Bertz CT molecular complexity index is 355. The maximum atomic E-state index is 12.0. The van der Waals surface area contributed by atoms with Crippen molar-refractivity contribution in [2.75, 3.05) is 40.4 Å². The molecule has 0 atom stereocenters. The summed E-state index contributed by atoms with van der Waals surface area (Å²) in [5, 5.41) is 0. The summed E-state index contributed by atoms with van der Waals surface area (Å²) in [5.74, 6) is 0.378. The van der Waals surface area contributed by atoms with Gasteiger partial charge in [0.15, 0.2) is 0 Å². The number of nitrogens with zero attached hydrogens (tertiary/aromatic N) is 2. The minimum absolute atomic E-state index is 0.186. The standard InChI is InChI=1S/C20H40N2O3/c1-6-13-21(4)14-7-8-15-24-19-11-9-18(10-12-19)22(5)20(23)25-16-17(2)3/h17-19H,6-16H2,1-5H3. The van der Waals surface area contributed by atoms with Gasteiger partial charge < -0.3 is 19.3 Å². The second-order valence-corrected chi connectivity index (χ2v) is 7.89. The Labute approximate surface area is 155 Å². The van der Waals surface area contributed by atoms with Gasteiger partial charge in [-0.1, -0.05) is 20.8 Å². The summed E-state index contributed by atoms with van der Waals surface area (Å²) in [6.07, 6.45) is 7.85. The Morgan fingerprint density at radius 1 is 1.08 bits per heavy atom. The molecule has 0 N–H and O–H groups in total. The van der Waals surface area contributed by atoms with Crippen LogP contribution in [0.5, 0.6) is 0 Å². The molecule has 0 spiro atoms. The Balaban J connectivity index is 2.11. The van der Waals surface area contributed by atoms with Crippen LogP contribution in [-0.2, 0) is 9.47 Å². The van der Waals surface area contributed by atoms with Crippen LogP contribution in [0.1, 0.15) is 65.7 Å². The minimum atomic E-state index is -0.186. The quantitative estimate of drug-likeness (QED) is 0.521. The molecule has 0 unspecified atom stereocenters. The number of hydrogen-bond acceptors (Lipinski definition) is 4. The lowest BCUT2D eigenvalue weighted by atomic mass is 9.92. The zero-order chi connectivity index (χ0) is 18.7. The molecule has 1 aliphatic rings. The monoisotopic (exact) mass is 356 g/mol. The number of unbranched alkanes of at least 4 members (excludes halogenated alkanes) is 1. The number of carbonyl (C=O) groups excluding carboxylic acids is 1. The van der Waals surface area contributed by atoms with Crippen LogP contribution in [0.25, 0.3) is 0 Å². The number of ether oxygens (including phenoxy) is 2. The molecule has 25 heavy (non-hydrogen) atoms. The fourth-order valence-electron chi connectivity index (χ4n) is 3.32. The van der Waals surface area contributed by atoms with Crippen LogP contribution in [0.2, 0.25) is 0 Å². The third-order valence-corrected chi connectivity index (χ3v) is 4.91. The first-order valence-electron chi connectivity index (χ1n) is 10.1. The van der Waals surface area contributed by atoms with Gasteiger partial charge >= 0.3 is 6.09 Å². The lowest BCUT2D eigenvalue weighted by Gasteiger charge is -2.34. The van der Waals surface area contributed by atoms with Gasteiger partial charge in [0.2, 0.25) is 0 Å². The zero-order valence-electron chi connectivity index (χ0n) is 17.1. The number of rotatable bonds is 11. The summed E-state index contributed by atoms with van der Waals surface area (Å²) in [4.78, 5) is 16.2. The van der Waals surface area contributed by atoms with Gasteiger partial charge in [0, 0.05) is 19.7 Å². The van der Waals surface area contributed by atoms with Crippen LogP contribution in [-0.4, -0.2) is 68.4 Å². The highest BCUT2D eigenvalue weighted by atomic mass is 16.6. The van der Waals surface area contributed by atoms with Crippen molar-refractivity contribution in [3.63, 3.8) is 0 Å². The lowest BCUT2D eigenvalue weighted by molar-refractivity contribution is 0.00648. The van der Waals surface area contributed by atoms with E-state index in [2.05, 4.69) is 32.7 Å². The molecular formula is C20H40N2O3. The van der Waals surface area contributed by atoms with Crippen LogP contribution in [0.15, 0.2) is 0 Å². The molecule has 0 heterocycles. The SMILES string of the molecule is CCCN(C)CCCCOC1CCC(N(C)C(=O)OCC(C)C)CC1. The van der Waals surface area contributed by atoms with E-state index >= 15 is 0 Å². The fraction of sp³-hybridized carbons (Fsp3) is 0.950. The molecule has 0 saturated heterocycles. The zero-order valence-corrected chi connectivity index (χ0v) is 17.1. The Morgan fingerprint density at radius 2 is 1.76 bits per heavy atom. The number of carbonyl (C=O) groups is 1. The molecule has 0 aliphatic heterocycles. The van der Waals surface area contributed by atoms with Crippen molar-refractivity contribution < 1.29 is 14.3 Å². The molecule has 1 rings (SSSR count). The molecule has 0 aromatic carbocycles. The second-order valence-electron chi connectivity index (χ2n) is 7.89. The van der Waals surface area contributed by atoms with Crippen LogP contribution in [0.3, 0.4) is 0 Å². The van der Waals surface area contributed by atoms with Crippen molar-refractivity contribution in [3.8, 4) is 0 Å². The lowest BCUT2D eigenvalue weighted by Crippen LogP contribution is -2.41. The van der Waals surface area contributed by atoms with E-state index in [1.807, 2.05) is 7.05 Å². The van der Waals surface area contributed by atoms with Gasteiger partial charge in [0.05, 0.1) is 12.7 Å². The largest absolute Gasteiger partial charge is 0.449 e. The highest BCUT2D eigenvalue weighted by Crippen LogP contribution is 2.25. The van der Waals surface area contributed by atoms with Crippen molar-refractivity contribution in [2.24, 2.45) is 5.92 Å². The fourth-order valence-corrected chi connectivity index (χ4v) is 3.32. The van der Waals surface area contributed by atoms with Gasteiger partial charge in [-0.15, -0.1) is 0 Å². The molecular weight excluding hydrogens is 316 g/mol. The summed E-state index contributed by atoms with van der Waals surface area (Å²) in [5.41, 5.74) is 0. The topological polar surface area (TPSA) is 42.0 Å². The molecule has 1 fully saturated rings. The Morgan fingerprint density at radius 3 is 2.36 bits per heavy atom. The van der Waals surface area contributed by atoms with E-state index in [1.54, 1.807) is 4.90 Å². The molecule has 0 aromatic heterocycles. The highest BCUT2D eigenvalue weighted by molar-refractivity contribution is 5.67. The third kappa shape index (κ3) is 9.45. The Hall–Kier alpha value is -0.810. The summed E-state index contributed by atoms with van der Waals surface area (Å²) in [6, 6.07) is 0.294. The predicted octanol–water partition coefficient (Wildman–Crippen LogP) is 4.16. The normalized spacial score (nSPS) is 20.9. The first kappa shape index (κ1) is 22.2. The van der Waals surface area contributed by atoms with Crippen LogP contribution < -0.4 is 0 Å². The first-order valence-corrected chi connectivity index (χ1v) is 10.1. The summed E-state index contributed by atoms with van der Waals surface area (Å²) >= 11 is 0. The Kier molecular flexibility index (Phi) is 11.1. The first-order chi connectivity index (χ1) is 11.9. The second kappa shape index (κ2) is 12.5. The summed E-state index contributed by atoms with van der Waals surface area (Å²) in [6.45, 7) is 10.0. The number of amides is 1. The molecule has 1 saturated carbocycles. The van der Waals surface area contributed by atoms with Gasteiger partial charge in [0.25, 0.3) is 0 Å². The van der Waals surface area contributed by atoms with Crippen molar-refractivity contribution in [2.45, 2.75) is 77.9 Å². The molecule has 148 valence electrons. The molecule has 0 aromatic rings. The van der Waals surface area contributed by atoms with Gasteiger partial charge in [-0.05, 0) is 71.0 Å². The van der Waals surface area contributed by atoms with Crippen LogP contribution in [0, 0.1) is 5.92 Å². The van der Waals surface area contributed by atoms with E-state index in [-0.39, 0.29) is 6.09 Å². The van der Waals surface area contributed by atoms with Gasteiger partial charge in [0.1, 0.15) is 0 Å². The van der Waals surface area contributed by atoms with E-state index < -0.39 is 0 Å². The van der Waals surface area contributed by atoms with Crippen molar-refractivity contribution in [3.05, 3.63) is 0 Å². The number of hydrogen-bond donors (Lipinski definition) is 0. The van der Waals surface area contributed by atoms with Crippen LogP contribution >= 0.6 is 0 Å². The summed E-state index contributed by atoms with van der Waals surface area (Å²) < 4.78 is 11.4. The average Bonchev–Trinajstić information content (AvgIpc) is 2.59. The maximum absolute atomic E-state index is 12.0. The minimum Gasteiger partial charge on any atom is -0.449 e. The molecule has 0 bridgehead atoms. The van der Waals surface area contributed by atoms with Crippen molar-refractivity contribution in [1.29, 1.82) is 0 Å². The van der Waals surface area contributed by atoms with E-state index in [9.17, 15) is 4.79 Å².